The summed E-state index contributed by atoms with van der Waals surface area (Å²) in [7, 11) is 3.33. The Bertz CT molecular complexity index is 652. The van der Waals surface area contributed by atoms with Crippen LogP contribution >= 0.6 is 24.0 Å². The second-order valence-corrected chi connectivity index (χ2v) is 7.95. The molecule has 166 valence electrons. The highest BCUT2D eigenvalue weighted by Crippen LogP contribution is 2.33. The highest BCUT2D eigenvalue weighted by Gasteiger charge is 2.24. The number of methoxy groups -OCH3 is 2. The van der Waals surface area contributed by atoms with E-state index in [2.05, 4.69) is 49.3 Å². The van der Waals surface area contributed by atoms with Gasteiger partial charge < -0.3 is 20.1 Å². The van der Waals surface area contributed by atoms with E-state index in [0.29, 0.717) is 12.6 Å². The summed E-state index contributed by atoms with van der Waals surface area (Å²) >= 11 is 0. The van der Waals surface area contributed by atoms with Crippen molar-refractivity contribution in [3.8, 4) is 11.5 Å². The minimum absolute atomic E-state index is 0. The molecule has 0 aromatic heterocycles. The summed E-state index contributed by atoms with van der Waals surface area (Å²) in [5.41, 5.74) is 1.06. The molecule has 0 aliphatic carbocycles. The molecule has 0 bridgehead atoms. The van der Waals surface area contributed by atoms with Crippen LogP contribution in [0.1, 0.15) is 46.1 Å². The summed E-state index contributed by atoms with van der Waals surface area (Å²) < 4.78 is 10.8. The zero-order chi connectivity index (χ0) is 20.6. The molecule has 1 aliphatic rings. The molecule has 0 saturated carbocycles. The minimum Gasteiger partial charge on any atom is -0.493 e. The van der Waals surface area contributed by atoms with Crippen molar-refractivity contribution in [2.75, 3.05) is 46.9 Å². The van der Waals surface area contributed by atoms with Crippen molar-refractivity contribution in [2.24, 2.45) is 4.99 Å². The molecule has 1 aromatic carbocycles. The van der Waals surface area contributed by atoms with Crippen molar-refractivity contribution >= 4 is 29.9 Å². The Morgan fingerprint density at radius 1 is 1.17 bits per heavy atom. The van der Waals surface area contributed by atoms with E-state index < -0.39 is 0 Å². The Hall–Kier alpha value is -1.22. The molecule has 29 heavy (non-hydrogen) atoms. The van der Waals surface area contributed by atoms with Crippen LogP contribution < -0.4 is 20.1 Å². The zero-order valence-electron chi connectivity index (χ0n) is 18.9. The molecule has 1 aliphatic heterocycles. The molecular weight excluding hydrogens is 479 g/mol. The summed E-state index contributed by atoms with van der Waals surface area (Å²) in [5.74, 6) is 2.39. The molecule has 1 saturated heterocycles. The smallest absolute Gasteiger partial charge is 0.191 e. The number of ether oxygens (including phenoxy) is 2. The molecule has 2 N–H and O–H groups in total. The number of hydrogen-bond donors (Lipinski definition) is 2. The van der Waals surface area contributed by atoms with E-state index >= 15 is 0 Å². The highest BCUT2D eigenvalue weighted by molar-refractivity contribution is 14.0. The van der Waals surface area contributed by atoms with Gasteiger partial charge in [0.05, 0.1) is 20.8 Å². The van der Waals surface area contributed by atoms with Crippen LogP contribution in [0.2, 0.25) is 0 Å². The van der Waals surface area contributed by atoms with Crippen molar-refractivity contribution in [1.29, 1.82) is 0 Å². The van der Waals surface area contributed by atoms with Gasteiger partial charge in [0.15, 0.2) is 17.5 Å². The average molecular weight is 518 g/mol. The Morgan fingerprint density at radius 3 is 2.52 bits per heavy atom. The number of halogens is 1. The maximum atomic E-state index is 5.46. The van der Waals surface area contributed by atoms with Gasteiger partial charge in [-0.1, -0.05) is 26.8 Å². The Balaban J connectivity index is 0.00000420. The van der Waals surface area contributed by atoms with Gasteiger partial charge in [-0.3, -0.25) is 9.89 Å². The number of likely N-dealkylation sites (N-methyl/N-ethyl adjacent to an activating group) is 1. The first-order valence-corrected chi connectivity index (χ1v) is 10.4. The van der Waals surface area contributed by atoms with Crippen LogP contribution in [0.3, 0.4) is 0 Å². The fourth-order valence-electron chi connectivity index (χ4n) is 3.72. The molecule has 1 heterocycles. The van der Waals surface area contributed by atoms with Gasteiger partial charge in [0.25, 0.3) is 0 Å². The molecule has 6 nitrogen and oxygen atoms in total. The van der Waals surface area contributed by atoms with Gasteiger partial charge in [-0.25, -0.2) is 0 Å². The maximum Gasteiger partial charge on any atom is 0.191 e. The van der Waals surface area contributed by atoms with Crippen LogP contribution in [0.15, 0.2) is 23.2 Å². The molecule has 7 heteroatoms. The molecule has 0 spiro atoms. The first kappa shape index (κ1) is 25.8. The van der Waals surface area contributed by atoms with Crippen LogP contribution in [0, 0.1) is 0 Å². The Labute approximate surface area is 193 Å². The molecule has 0 radical (unpaired) electrons. The molecule has 1 unspecified atom stereocenters. The second-order valence-electron chi connectivity index (χ2n) is 7.95. The fraction of sp³-hybridized carbons (Fsp3) is 0.682. The first-order valence-electron chi connectivity index (χ1n) is 10.4. The third-order valence-corrected chi connectivity index (χ3v) is 5.55. The van der Waals surface area contributed by atoms with Crippen molar-refractivity contribution < 1.29 is 9.47 Å². The topological polar surface area (TPSA) is 58.1 Å². The predicted molar refractivity (Wildman–Crippen MR) is 132 cm³/mol. The third-order valence-electron chi connectivity index (χ3n) is 5.55. The van der Waals surface area contributed by atoms with Gasteiger partial charge in [-0.05, 0) is 50.6 Å². The SMILES string of the molecule is CCNC(=NCC(C)(C)c1ccc(OC)c(OC)c1)NCC1CCCN1CC.I. The van der Waals surface area contributed by atoms with Crippen molar-refractivity contribution in [2.45, 2.75) is 52.0 Å². The minimum atomic E-state index is -0.120. The van der Waals surface area contributed by atoms with Gasteiger partial charge >= 0.3 is 0 Å². The van der Waals surface area contributed by atoms with E-state index in [-0.39, 0.29) is 29.4 Å². The Kier molecular flexibility index (Phi) is 11.1. The van der Waals surface area contributed by atoms with Gasteiger partial charge in [-0.15, -0.1) is 24.0 Å². The highest BCUT2D eigenvalue weighted by atomic mass is 127. The van der Waals surface area contributed by atoms with E-state index in [0.717, 1.165) is 37.1 Å². The normalized spacial score (nSPS) is 17.6. The lowest BCUT2D eigenvalue weighted by Gasteiger charge is -2.26. The number of benzene rings is 1. The van der Waals surface area contributed by atoms with E-state index in [4.69, 9.17) is 14.5 Å². The van der Waals surface area contributed by atoms with Crippen molar-refractivity contribution in [1.82, 2.24) is 15.5 Å². The standard InChI is InChI=1S/C22H38N4O2.HI/c1-7-23-21(24-15-18-10-9-13-26(18)8-2)25-16-22(3,4)17-11-12-19(27-5)20(14-17)28-6;/h11-12,14,18H,7-10,13,15-16H2,1-6H3,(H2,23,24,25);1H. The van der Waals surface area contributed by atoms with E-state index in [1.807, 2.05) is 12.1 Å². The van der Waals surface area contributed by atoms with Crippen molar-refractivity contribution in [3.05, 3.63) is 23.8 Å². The average Bonchev–Trinajstić information content (AvgIpc) is 3.17. The van der Waals surface area contributed by atoms with Crippen LogP contribution in [-0.2, 0) is 5.41 Å². The summed E-state index contributed by atoms with van der Waals surface area (Å²) in [6.45, 7) is 13.6. The molecular formula is C22H39IN4O2. The van der Waals surface area contributed by atoms with Crippen LogP contribution in [0.25, 0.3) is 0 Å². The van der Waals surface area contributed by atoms with E-state index in [1.165, 1.54) is 24.9 Å². The number of hydrogen-bond acceptors (Lipinski definition) is 4. The van der Waals surface area contributed by atoms with Crippen LogP contribution in [-0.4, -0.2) is 63.8 Å². The van der Waals surface area contributed by atoms with Gasteiger partial charge in [0.1, 0.15) is 0 Å². The number of likely N-dealkylation sites (tertiary alicyclic amines) is 1. The lowest BCUT2D eigenvalue weighted by atomic mass is 9.84. The molecule has 1 atom stereocenters. The lowest BCUT2D eigenvalue weighted by Crippen LogP contribution is -2.45. The second kappa shape index (κ2) is 12.5. The Morgan fingerprint density at radius 2 is 1.90 bits per heavy atom. The number of guanidine groups is 1. The molecule has 1 aromatic rings. The van der Waals surface area contributed by atoms with Crippen molar-refractivity contribution in [3.63, 3.8) is 0 Å². The molecule has 2 rings (SSSR count). The predicted octanol–water partition coefficient (Wildman–Crippen LogP) is 3.64. The fourth-order valence-corrected chi connectivity index (χ4v) is 3.72. The number of rotatable bonds is 9. The quantitative estimate of drug-likeness (QED) is 0.297. The summed E-state index contributed by atoms with van der Waals surface area (Å²) in [6, 6.07) is 6.71. The maximum absolute atomic E-state index is 5.46. The van der Waals surface area contributed by atoms with Crippen LogP contribution in [0.4, 0.5) is 0 Å². The van der Waals surface area contributed by atoms with E-state index in [9.17, 15) is 0 Å². The first-order chi connectivity index (χ1) is 13.4. The van der Waals surface area contributed by atoms with Crippen LogP contribution in [0.5, 0.6) is 11.5 Å². The summed E-state index contributed by atoms with van der Waals surface area (Å²) in [6.07, 6.45) is 2.55. The zero-order valence-corrected chi connectivity index (χ0v) is 21.2. The molecule has 0 amide bonds. The van der Waals surface area contributed by atoms with E-state index in [1.54, 1.807) is 14.2 Å². The third kappa shape index (κ3) is 7.20. The molecule has 1 fully saturated rings. The number of aliphatic imine (C=N–C) groups is 1. The summed E-state index contributed by atoms with van der Waals surface area (Å²) in [4.78, 5) is 7.42. The monoisotopic (exact) mass is 518 g/mol. The van der Waals surface area contributed by atoms with Gasteiger partial charge in [-0.2, -0.15) is 0 Å². The summed E-state index contributed by atoms with van der Waals surface area (Å²) in [5, 5.41) is 6.92. The number of nitrogens with zero attached hydrogens (tertiary/aromatic N) is 2. The largest absolute Gasteiger partial charge is 0.493 e. The lowest BCUT2D eigenvalue weighted by molar-refractivity contribution is 0.267. The number of nitrogens with one attached hydrogen (secondary N) is 2. The van der Waals surface area contributed by atoms with Gasteiger partial charge in [0, 0.05) is 24.5 Å². The van der Waals surface area contributed by atoms with Gasteiger partial charge in [0.2, 0.25) is 0 Å².